The van der Waals surface area contributed by atoms with Gasteiger partial charge in [-0.15, -0.1) is 0 Å². The Balaban J connectivity index is 1.86. The summed E-state index contributed by atoms with van der Waals surface area (Å²) in [6.45, 7) is 2.19. The van der Waals surface area contributed by atoms with Crippen LogP contribution < -0.4 is 4.74 Å². The van der Waals surface area contributed by atoms with Gasteiger partial charge in [-0.1, -0.05) is 26.2 Å². The minimum atomic E-state index is -0.656. The van der Waals surface area contributed by atoms with Crippen LogP contribution in [0.25, 0.3) is 0 Å². The fraction of sp³-hybridized carbons (Fsp3) is 0.556. The third-order valence-corrected chi connectivity index (χ3v) is 4.43. The maximum absolute atomic E-state index is 13.5. The topological polar surface area (TPSA) is 50.1 Å². The van der Waals surface area contributed by atoms with Crippen molar-refractivity contribution in [3.05, 3.63) is 29.6 Å². The van der Waals surface area contributed by atoms with Gasteiger partial charge in [-0.3, -0.25) is 4.79 Å². The first-order valence-electron chi connectivity index (χ1n) is 8.05. The third-order valence-electron chi connectivity index (χ3n) is 4.43. The normalized spacial score (nSPS) is 21.1. The Hall–Kier alpha value is -1.89. The van der Waals surface area contributed by atoms with E-state index in [1.165, 1.54) is 31.4 Å². The number of ether oxygens (including phenoxy) is 1. The lowest BCUT2D eigenvalue weighted by Gasteiger charge is -2.27. The van der Waals surface area contributed by atoms with E-state index in [1.54, 1.807) is 6.07 Å². The van der Waals surface area contributed by atoms with Crippen LogP contribution in [0.3, 0.4) is 0 Å². The molecule has 0 bridgehead atoms. The molecule has 2 rings (SSSR count). The first-order valence-corrected chi connectivity index (χ1v) is 8.05. The molecule has 0 radical (unpaired) electrons. The van der Waals surface area contributed by atoms with Crippen LogP contribution in [0.1, 0.15) is 57.4 Å². The summed E-state index contributed by atoms with van der Waals surface area (Å²) in [5.41, 5.74) is -0.0452. The molecular weight excluding hydrogens is 281 g/mol. The number of hydrogen-bond donors (Lipinski definition) is 0. The van der Waals surface area contributed by atoms with E-state index in [2.05, 4.69) is 6.92 Å². The predicted molar refractivity (Wildman–Crippen MR) is 81.7 cm³/mol. The lowest BCUT2D eigenvalue weighted by molar-refractivity contribution is -0.140. The average molecular weight is 303 g/mol. The lowest BCUT2D eigenvalue weighted by Crippen LogP contribution is -2.25. The molecule has 22 heavy (non-hydrogen) atoms. The van der Waals surface area contributed by atoms with E-state index in [0.29, 0.717) is 0 Å². The van der Waals surface area contributed by atoms with Gasteiger partial charge >= 0.3 is 5.97 Å². The van der Waals surface area contributed by atoms with Crippen molar-refractivity contribution in [2.24, 2.45) is 11.8 Å². The number of carbonyl (C=O) groups is 1. The molecule has 0 N–H and O–H groups in total. The van der Waals surface area contributed by atoms with E-state index in [4.69, 9.17) is 10.00 Å². The van der Waals surface area contributed by atoms with E-state index in [1.807, 2.05) is 0 Å². The van der Waals surface area contributed by atoms with Crippen LogP contribution >= 0.6 is 0 Å². The van der Waals surface area contributed by atoms with Crippen LogP contribution in [-0.2, 0) is 4.79 Å². The van der Waals surface area contributed by atoms with Gasteiger partial charge in [0.15, 0.2) is 0 Å². The molecule has 118 valence electrons. The molecule has 1 saturated carbocycles. The highest BCUT2D eigenvalue weighted by atomic mass is 19.1. The SMILES string of the molecule is CCCC[C@H]1CC[C@@H](C(=O)Oc2ccc(C#N)c(F)c2)CC1. The summed E-state index contributed by atoms with van der Waals surface area (Å²) < 4.78 is 18.8. The van der Waals surface area contributed by atoms with E-state index >= 15 is 0 Å². The quantitative estimate of drug-likeness (QED) is 0.590. The number of hydrogen-bond acceptors (Lipinski definition) is 3. The number of benzene rings is 1. The van der Waals surface area contributed by atoms with Gasteiger partial charge < -0.3 is 4.74 Å². The van der Waals surface area contributed by atoms with Gasteiger partial charge in [-0.25, -0.2) is 4.39 Å². The zero-order chi connectivity index (χ0) is 15.9. The third kappa shape index (κ3) is 4.30. The molecule has 0 atom stereocenters. The highest BCUT2D eigenvalue weighted by molar-refractivity contribution is 5.75. The van der Waals surface area contributed by atoms with Gasteiger partial charge in [-0.05, 0) is 43.7 Å². The molecule has 0 saturated heterocycles. The van der Waals surface area contributed by atoms with E-state index < -0.39 is 5.82 Å². The smallest absolute Gasteiger partial charge is 0.314 e. The van der Waals surface area contributed by atoms with Crippen molar-refractivity contribution >= 4 is 5.97 Å². The van der Waals surface area contributed by atoms with Crippen molar-refractivity contribution in [2.75, 3.05) is 0 Å². The summed E-state index contributed by atoms with van der Waals surface area (Å²) in [6, 6.07) is 5.64. The fourth-order valence-electron chi connectivity index (χ4n) is 3.03. The summed E-state index contributed by atoms with van der Waals surface area (Å²) >= 11 is 0. The average Bonchev–Trinajstić information content (AvgIpc) is 2.53. The van der Waals surface area contributed by atoms with E-state index in [0.717, 1.165) is 37.7 Å². The molecular formula is C18H22FNO2. The maximum atomic E-state index is 13.5. The van der Waals surface area contributed by atoms with E-state index in [9.17, 15) is 9.18 Å². The highest BCUT2D eigenvalue weighted by Gasteiger charge is 2.27. The van der Waals surface area contributed by atoms with Crippen molar-refractivity contribution in [3.8, 4) is 11.8 Å². The van der Waals surface area contributed by atoms with Crippen molar-refractivity contribution < 1.29 is 13.9 Å². The lowest BCUT2D eigenvalue weighted by atomic mass is 9.80. The van der Waals surface area contributed by atoms with Crippen molar-refractivity contribution in [3.63, 3.8) is 0 Å². The first-order chi connectivity index (χ1) is 10.6. The van der Waals surface area contributed by atoms with Gasteiger partial charge in [0, 0.05) is 6.07 Å². The van der Waals surface area contributed by atoms with Crippen LogP contribution in [0.5, 0.6) is 5.75 Å². The molecule has 4 heteroatoms. The summed E-state index contributed by atoms with van der Waals surface area (Å²) in [7, 11) is 0. The maximum Gasteiger partial charge on any atom is 0.314 e. The van der Waals surface area contributed by atoms with Gasteiger partial charge in [0.05, 0.1) is 11.5 Å². The number of nitriles is 1. The number of esters is 1. The van der Waals surface area contributed by atoms with Crippen molar-refractivity contribution in [1.82, 2.24) is 0 Å². The predicted octanol–water partition coefficient (Wildman–Crippen LogP) is 4.60. The fourth-order valence-corrected chi connectivity index (χ4v) is 3.03. The Morgan fingerprint density at radius 2 is 2.09 bits per heavy atom. The van der Waals surface area contributed by atoms with Gasteiger partial charge in [0.25, 0.3) is 0 Å². The number of nitrogens with zero attached hydrogens (tertiary/aromatic N) is 1. The molecule has 0 unspecified atom stereocenters. The summed E-state index contributed by atoms with van der Waals surface area (Å²) in [5, 5.41) is 8.68. The molecule has 1 aliphatic carbocycles. The molecule has 0 aliphatic heterocycles. The monoisotopic (exact) mass is 303 g/mol. The summed E-state index contributed by atoms with van der Waals surface area (Å²) in [4.78, 5) is 12.1. The standard InChI is InChI=1S/C18H22FNO2/c1-2-3-4-13-5-7-14(8-6-13)18(21)22-16-10-9-15(12-20)17(19)11-16/h9-11,13-14H,2-8H2,1H3/t13-,14+. The Morgan fingerprint density at radius 1 is 1.36 bits per heavy atom. The minimum absolute atomic E-state index is 0.0452. The zero-order valence-corrected chi connectivity index (χ0v) is 13.0. The largest absolute Gasteiger partial charge is 0.426 e. The van der Waals surface area contributed by atoms with Gasteiger partial charge in [0.1, 0.15) is 17.6 Å². The summed E-state index contributed by atoms with van der Waals surface area (Å²) in [6.07, 6.45) is 7.57. The molecule has 1 aliphatic rings. The van der Waals surface area contributed by atoms with Crippen LogP contribution in [0.4, 0.5) is 4.39 Å². The van der Waals surface area contributed by atoms with E-state index in [-0.39, 0.29) is 23.2 Å². The molecule has 1 fully saturated rings. The summed E-state index contributed by atoms with van der Waals surface area (Å²) in [5.74, 6) is -0.114. The van der Waals surface area contributed by atoms with Crippen LogP contribution in [0, 0.1) is 29.0 Å². The van der Waals surface area contributed by atoms with Crippen LogP contribution in [-0.4, -0.2) is 5.97 Å². The molecule has 0 aromatic heterocycles. The Kier molecular flexibility index (Phi) is 5.94. The first kappa shape index (κ1) is 16.5. The number of unbranched alkanes of at least 4 members (excludes halogenated alkanes) is 1. The van der Waals surface area contributed by atoms with Gasteiger partial charge in [0.2, 0.25) is 0 Å². The second kappa shape index (κ2) is 7.93. The second-order valence-electron chi connectivity index (χ2n) is 6.03. The molecule has 1 aromatic rings. The number of halogens is 1. The number of rotatable bonds is 5. The Bertz CT molecular complexity index is 557. The Morgan fingerprint density at radius 3 is 2.68 bits per heavy atom. The molecule has 1 aromatic carbocycles. The zero-order valence-electron chi connectivity index (χ0n) is 13.0. The van der Waals surface area contributed by atoms with Crippen molar-refractivity contribution in [1.29, 1.82) is 5.26 Å². The molecule has 0 amide bonds. The van der Waals surface area contributed by atoms with Crippen molar-refractivity contribution in [2.45, 2.75) is 51.9 Å². The Labute approximate surface area is 131 Å². The second-order valence-corrected chi connectivity index (χ2v) is 6.03. The molecule has 0 heterocycles. The highest BCUT2D eigenvalue weighted by Crippen LogP contribution is 2.33. The molecule has 3 nitrogen and oxygen atoms in total. The molecule has 0 spiro atoms. The minimum Gasteiger partial charge on any atom is -0.426 e. The van der Waals surface area contributed by atoms with Gasteiger partial charge in [-0.2, -0.15) is 5.26 Å². The van der Waals surface area contributed by atoms with Crippen LogP contribution in [0.2, 0.25) is 0 Å². The number of carbonyl (C=O) groups excluding carboxylic acids is 1. The van der Waals surface area contributed by atoms with Crippen LogP contribution in [0.15, 0.2) is 18.2 Å².